The molecule has 37 heavy (non-hydrogen) atoms. The lowest BCUT2D eigenvalue weighted by Gasteiger charge is -2.43. The number of rotatable bonds is 6. The summed E-state index contributed by atoms with van der Waals surface area (Å²) in [4.78, 5) is 0. The second kappa shape index (κ2) is 9.95. The van der Waals surface area contributed by atoms with Crippen molar-refractivity contribution in [3.05, 3.63) is 23.3 Å². The molecule has 0 unspecified atom stereocenters. The molecule has 0 bridgehead atoms. The van der Waals surface area contributed by atoms with Crippen molar-refractivity contribution in [3.8, 4) is 45.6 Å². The molecule has 1 aliphatic heterocycles. The fourth-order valence-corrected chi connectivity index (χ4v) is 6.46. The molecule has 0 saturated carbocycles. The minimum Gasteiger partial charge on any atom is -0.493 e. The lowest BCUT2D eigenvalue weighted by atomic mass is 9.76. The first-order chi connectivity index (χ1) is 17.4. The summed E-state index contributed by atoms with van der Waals surface area (Å²) in [5.74, 6) is 4.17. The molecule has 2 aromatic rings. The third-order valence-electron chi connectivity index (χ3n) is 8.47. The van der Waals surface area contributed by atoms with Gasteiger partial charge in [0, 0.05) is 11.1 Å². The molecule has 0 aromatic heterocycles. The summed E-state index contributed by atoms with van der Waals surface area (Å²) >= 11 is 0. The lowest BCUT2D eigenvalue weighted by molar-refractivity contribution is 0.0952. The number of methoxy groups -OCH3 is 4. The molecule has 0 saturated heterocycles. The van der Waals surface area contributed by atoms with Crippen molar-refractivity contribution in [2.45, 2.75) is 65.3 Å². The highest BCUT2D eigenvalue weighted by Crippen LogP contribution is 2.59. The normalized spacial score (nSPS) is 20.9. The van der Waals surface area contributed by atoms with Crippen molar-refractivity contribution < 1.29 is 32.8 Å². The van der Waals surface area contributed by atoms with Gasteiger partial charge in [-0.2, -0.15) is 0 Å². The van der Waals surface area contributed by atoms with Gasteiger partial charge in [-0.1, -0.05) is 34.6 Å². The average Bonchev–Trinajstić information content (AvgIpc) is 3.31. The first-order valence-corrected chi connectivity index (χ1v) is 15.8. The van der Waals surface area contributed by atoms with E-state index in [1.54, 1.807) is 28.4 Å². The molecule has 2 aliphatic rings. The van der Waals surface area contributed by atoms with Crippen LogP contribution in [0.4, 0.5) is 0 Å². The Morgan fingerprint density at radius 1 is 0.838 bits per heavy atom. The van der Waals surface area contributed by atoms with Crippen LogP contribution in [-0.4, -0.2) is 43.5 Å². The van der Waals surface area contributed by atoms with Gasteiger partial charge in [-0.25, -0.2) is 0 Å². The summed E-state index contributed by atoms with van der Waals surface area (Å²) in [5.41, 5.74) is 3.91. The summed E-state index contributed by atoms with van der Waals surface area (Å²) in [5, 5.41) is 0.0424. The molecule has 0 N–H and O–H groups in total. The lowest BCUT2D eigenvalue weighted by Crippen LogP contribution is -2.43. The molecule has 0 spiro atoms. The molecule has 7 nitrogen and oxygen atoms in total. The zero-order valence-corrected chi connectivity index (χ0v) is 25.2. The summed E-state index contributed by atoms with van der Waals surface area (Å²) in [6, 6.07) is 4.13. The Bertz CT molecular complexity index is 1170. The first kappa shape index (κ1) is 27.5. The fourth-order valence-electron chi connectivity index (χ4n) is 5.13. The third kappa shape index (κ3) is 4.52. The van der Waals surface area contributed by atoms with Crippen molar-refractivity contribution in [1.29, 1.82) is 0 Å². The molecule has 1 heterocycles. The summed E-state index contributed by atoms with van der Waals surface area (Å²) in [6.45, 7) is 16.1. The number of benzene rings is 2. The van der Waals surface area contributed by atoms with E-state index in [-0.39, 0.29) is 23.9 Å². The van der Waals surface area contributed by atoms with Crippen LogP contribution in [0.2, 0.25) is 18.1 Å². The largest absolute Gasteiger partial charge is 0.493 e. The quantitative estimate of drug-likeness (QED) is 0.372. The number of fused-ring (bicyclic) bond motifs is 4. The van der Waals surface area contributed by atoms with E-state index in [2.05, 4.69) is 59.8 Å². The second-order valence-corrected chi connectivity index (χ2v) is 16.4. The number of hydrogen-bond donors (Lipinski definition) is 0. The molecule has 8 heteroatoms. The molecular weight excluding hydrogens is 488 g/mol. The molecule has 1 aliphatic carbocycles. The topological polar surface area (TPSA) is 64.6 Å². The van der Waals surface area contributed by atoms with Crippen LogP contribution in [0.15, 0.2) is 12.1 Å². The van der Waals surface area contributed by atoms with E-state index < -0.39 is 8.32 Å². The van der Waals surface area contributed by atoms with E-state index in [0.29, 0.717) is 40.4 Å². The van der Waals surface area contributed by atoms with Crippen LogP contribution in [0, 0.1) is 11.8 Å². The van der Waals surface area contributed by atoms with Gasteiger partial charge in [-0.15, -0.1) is 0 Å². The summed E-state index contributed by atoms with van der Waals surface area (Å²) in [6.07, 6.45) is 0.625. The summed E-state index contributed by atoms with van der Waals surface area (Å²) in [7, 11) is 4.43. The second-order valence-electron chi connectivity index (χ2n) is 11.6. The predicted octanol–water partition coefficient (Wildman–Crippen LogP) is 7.01. The van der Waals surface area contributed by atoms with E-state index >= 15 is 0 Å². The van der Waals surface area contributed by atoms with Crippen molar-refractivity contribution in [2.24, 2.45) is 11.8 Å². The SMILES string of the molecule is COc1cc2c(c(OC)c1OC)-c1c(cc3c(c1OC)OCO3)C[C@H](C)[C@H](C)[C@H]2O[Si](C)(C)C(C)(C)C. The Morgan fingerprint density at radius 2 is 1.49 bits per heavy atom. The highest BCUT2D eigenvalue weighted by Gasteiger charge is 2.44. The van der Waals surface area contributed by atoms with Crippen LogP contribution >= 0.6 is 0 Å². The van der Waals surface area contributed by atoms with Gasteiger partial charge in [0.25, 0.3) is 0 Å². The zero-order valence-electron chi connectivity index (χ0n) is 24.2. The van der Waals surface area contributed by atoms with Crippen LogP contribution in [0.5, 0.6) is 34.5 Å². The minimum absolute atomic E-state index is 0.0424. The molecule has 204 valence electrons. The van der Waals surface area contributed by atoms with E-state index in [1.807, 2.05) is 0 Å². The molecule has 3 atom stereocenters. The molecule has 4 rings (SSSR count). The predicted molar refractivity (Wildman–Crippen MR) is 147 cm³/mol. The molecule has 2 aromatic carbocycles. The van der Waals surface area contributed by atoms with Gasteiger partial charge in [-0.05, 0) is 59.6 Å². The maximum Gasteiger partial charge on any atom is 0.231 e. The van der Waals surface area contributed by atoms with Crippen molar-refractivity contribution in [2.75, 3.05) is 35.2 Å². The van der Waals surface area contributed by atoms with Crippen LogP contribution in [-0.2, 0) is 10.8 Å². The van der Waals surface area contributed by atoms with Gasteiger partial charge >= 0.3 is 0 Å². The average molecular weight is 531 g/mol. The minimum atomic E-state index is -2.17. The van der Waals surface area contributed by atoms with Gasteiger partial charge in [0.05, 0.1) is 34.5 Å². The van der Waals surface area contributed by atoms with E-state index in [4.69, 9.17) is 32.8 Å². The van der Waals surface area contributed by atoms with E-state index in [0.717, 1.165) is 28.7 Å². The highest BCUT2D eigenvalue weighted by molar-refractivity contribution is 6.74. The van der Waals surface area contributed by atoms with Crippen LogP contribution in [0.3, 0.4) is 0 Å². The zero-order chi connectivity index (χ0) is 27.3. The molecular formula is C29H42O7Si. The maximum absolute atomic E-state index is 7.23. The van der Waals surface area contributed by atoms with E-state index in [1.165, 1.54) is 0 Å². The smallest absolute Gasteiger partial charge is 0.231 e. The molecule has 0 amide bonds. The van der Waals surface area contributed by atoms with Crippen LogP contribution < -0.4 is 28.4 Å². The van der Waals surface area contributed by atoms with Gasteiger partial charge in [0.1, 0.15) is 0 Å². The molecule has 0 fully saturated rings. The van der Waals surface area contributed by atoms with Crippen molar-refractivity contribution in [3.63, 3.8) is 0 Å². The van der Waals surface area contributed by atoms with Crippen molar-refractivity contribution in [1.82, 2.24) is 0 Å². The van der Waals surface area contributed by atoms with Gasteiger partial charge in [-0.3, -0.25) is 0 Å². The van der Waals surface area contributed by atoms with Crippen LogP contribution in [0.25, 0.3) is 11.1 Å². The van der Waals surface area contributed by atoms with Gasteiger partial charge in [0.15, 0.2) is 31.3 Å². The Labute approximate surface area is 222 Å². The van der Waals surface area contributed by atoms with Crippen LogP contribution in [0.1, 0.15) is 51.8 Å². The number of ether oxygens (including phenoxy) is 6. The molecule has 0 radical (unpaired) electrons. The fraction of sp³-hybridized carbons (Fsp3) is 0.586. The Morgan fingerprint density at radius 3 is 2.05 bits per heavy atom. The van der Waals surface area contributed by atoms with Crippen molar-refractivity contribution >= 4 is 8.32 Å². The van der Waals surface area contributed by atoms with Gasteiger partial charge in [0.2, 0.25) is 18.3 Å². The Kier molecular flexibility index (Phi) is 7.38. The van der Waals surface area contributed by atoms with E-state index in [9.17, 15) is 0 Å². The maximum atomic E-state index is 7.23. The monoisotopic (exact) mass is 530 g/mol. The Balaban J connectivity index is 2.14. The highest BCUT2D eigenvalue weighted by atomic mass is 28.4. The Hall–Kier alpha value is -2.58. The first-order valence-electron chi connectivity index (χ1n) is 12.9. The number of hydrogen-bond acceptors (Lipinski definition) is 7. The van der Waals surface area contributed by atoms with Gasteiger partial charge < -0.3 is 32.8 Å². The standard InChI is InChI=1S/C29H42O7Si/c1-16-12-18-13-21-26(35-15-34-21)27(32-8)22(18)23-19(14-20(30-6)25(31-7)28(23)33-9)24(17(16)2)36-37(10,11)29(3,4)5/h13-14,16-17,24H,12,15H2,1-11H3/t16-,17-,24+/m0/s1. The third-order valence-corrected chi connectivity index (χ3v) is 12.9. The summed E-state index contributed by atoms with van der Waals surface area (Å²) < 4.78 is 42.7.